The maximum absolute atomic E-state index is 12.8. The molecule has 34 heavy (non-hydrogen) atoms. The van der Waals surface area contributed by atoms with E-state index in [0.717, 1.165) is 21.2 Å². The van der Waals surface area contributed by atoms with Crippen LogP contribution in [0.15, 0.2) is 71.9 Å². The van der Waals surface area contributed by atoms with Gasteiger partial charge in [-0.1, -0.05) is 18.2 Å². The maximum Gasteiger partial charge on any atom is 0.255 e. The maximum atomic E-state index is 12.8. The van der Waals surface area contributed by atoms with Gasteiger partial charge in [0.1, 0.15) is 18.0 Å². The van der Waals surface area contributed by atoms with Crippen molar-refractivity contribution in [3.63, 3.8) is 0 Å². The number of fused-ring (bicyclic) bond motifs is 1. The predicted octanol–water partition coefficient (Wildman–Crippen LogP) is 4.03. The number of anilines is 1. The highest BCUT2D eigenvalue weighted by Crippen LogP contribution is 2.23. The first-order valence-electron chi connectivity index (χ1n) is 10.6. The van der Waals surface area contributed by atoms with Crippen molar-refractivity contribution in [2.75, 3.05) is 19.4 Å². The molecule has 0 aliphatic carbocycles. The molecule has 2 heterocycles. The lowest BCUT2D eigenvalue weighted by molar-refractivity contribution is 0.102. The normalized spacial score (nSPS) is 11.7. The number of carbonyl (C=O) groups is 1. The first-order chi connectivity index (χ1) is 16.1. The van der Waals surface area contributed by atoms with Crippen molar-refractivity contribution in [3.8, 4) is 5.75 Å². The Labute approximate surface area is 198 Å². The summed E-state index contributed by atoms with van der Waals surface area (Å²) in [6.07, 6.45) is 3.91. The molecular weight excluding hydrogens is 452 g/mol. The highest BCUT2D eigenvalue weighted by atomic mass is 32.2. The van der Waals surface area contributed by atoms with Crippen LogP contribution in [0.25, 0.3) is 5.65 Å². The largest absolute Gasteiger partial charge is 0.487 e. The number of nitrogens with one attached hydrogen (secondary N) is 1. The Morgan fingerprint density at radius 3 is 2.62 bits per heavy atom. The number of sulfonamides is 1. The average molecular weight is 479 g/mol. The summed E-state index contributed by atoms with van der Waals surface area (Å²) in [6.45, 7) is 3.99. The third kappa shape index (κ3) is 4.95. The first kappa shape index (κ1) is 23.5. The van der Waals surface area contributed by atoms with E-state index >= 15 is 0 Å². The van der Waals surface area contributed by atoms with Gasteiger partial charge in [-0.05, 0) is 61.4 Å². The van der Waals surface area contributed by atoms with E-state index in [0.29, 0.717) is 22.6 Å². The van der Waals surface area contributed by atoms with E-state index in [-0.39, 0.29) is 17.4 Å². The summed E-state index contributed by atoms with van der Waals surface area (Å²) in [5.74, 6) is 0.159. The van der Waals surface area contributed by atoms with E-state index in [2.05, 4.69) is 10.3 Å². The van der Waals surface area contributed by atoms with Gasteiger partial charge in [-0.25, -0.2) is 17.7 Å². The minimum absolute atomic E-state index is 0.148. The van der Waals surface area contributed by atoms with Gasteiger partial charge in [0.2, 0.25) is 10.0 Å². The molecule has 4 aromatic rings. The molecule has 0 saturated heterocycles. The number of imidazole rings is 1. The van der Waals surface area contributed by atoms with E-state index in [1.807, 2.05) is 35.9 Å². The smallest absolute Gasteiger partial charge is 0.255 e. The SMILES string of the molecule is Cc1ccc2nc(COc3cccc(C(=O)Nc4ccc(C)c(S(=O)(=O)N(C)C)c4)c3)cn2c1. The minimum Gasteiger partial charge on any atom is -0.487 e. The number of hydrogen-bond acceptors (Lipinski definition) is 5. The minimum atomic E-state index is -3.63. The third-order valence-electron chi connectivity index (χ3n) is 5.34. The molecule has 1 amide bonds. The molecule has 4 rings (SSSR count). The number of carbonyl (C=O) groups excluding carboxylic acids is 1. The van der Waals surface area contributed by atoms with Gasteiger partial charge in [-0.2, -0.15) is 0 Å². The van der Waals surface area contributed by atoms with E-state index in [1.165, 1.54) is 20.2 Å². The lowest BCUT2D eigenvalue weighted by atomic mass is 10.2. The van der Waals surface area contributed by atoms with Crippen LogP contribution in [0, 0.1) is 13.8 Å². The zero-order valence-corrected chi connectivity index (χ0v) is 20.3. The highest BCUT2D eigenvalue weighted by molar-refractivity contribution is 7.89. The Balaban J connectivity index is 1.47. The molecule has 0 unspecified atom stereocenters. The van der Waals surface area contributed by atoms with Crippen LogP contribution in [0.4, 0.5) is 5.69 Å². The summed E-state index contributed by atoms with van der Waals surface area (Å²) < 4.78 is 34.1. The van der Waals surface area contributed by atoms with Crippen LogP contribution in [0.5, 0.6) is 5.75 Å². The number of rotatable bonds is 7. The zero-order valence-electron chi connectivity index (χ0n) is 19.4. The molecule has 0 bridgehead atoms. The predicted molar refractivity (Wildman–Crippen MR) is 131 cm³/mol. The lowest BCUT2D eigenvalue weighted by Gasteiger charge is -2.15. The molecule has 0 spiro atoms. The quantitative estimate of drug-likeness (QED) is 0.433. The molecule has 176 valence electrons. The standard InChI is InChI=1S/C25H26N4O4S/c1-17-8-11-24-26-21(15-29(24)14-17)16-33-22-7-5-6-19(12-22)25(30)27-20-10-9-18(2)23(13-20)34(31,32)28(3)4/h5-15H,16H2,1-4H3,(H,27,30). The van der Waals surface area contributed by atoms with Gasteiger partial charge in [0.25, 0.3) is 5.91 Å². The number of amides is 1. The molecule has 8 nitrogen and oxygen atoms in total. The fraction of sp³-hybridized carbons (Fsp3) is 0.200. The van der Waals surface area contributed by atoms with Crippen molar-refractivity contribution in [3.05, 3.63) is 89.4 Å². The van der Waals surface area contributed by atoms with Gasteiger partial charge in [0, 0.05) is 37.7 Å². The molecule has 0 saturated carbocycles. The van der Waals surface area contributed by atoms with Crippen LogP contribution < -0.4 is 10.1 Å². The molecular formula is C25H26N4O4S. The van der Waals surface area contributed by atoms with Gasteiger partial charge in [-0.15, -0.1) is 0 Å². The van der Waals surface area contributed by atoms with Gasteiger partial charge in [0.15, 0.2) is 0 Å². The number of ether oxygens (including phenoxy) is 1. The van der Waals surface area contributed by atoms with Crippen LogP contribution in [-0.4, -0.2) is 42.1 Å². The molecule has 0 aliphatic heterocycles. The van der Waals surface area contributed by atoms with Crippen molar-refractivity contribution in [2.24, 2.45) is 0 Å². The molecule has 0 atom stereocenters. The van der Waals surface area contributed by atoms with E-state index in [9.17, 15) is 13.2 Å². The number of nitrogens with zero attached hydrogens (tertiary/aromatic N) is 3. The van der Waals surface area contributed by atoms with Crippen molar-refractivity contribution >= 4 is 27.3 Å². The Hall–Kier alpha value is -3.69. The fourth-order valence-electron chi connectivity index (χ4n) is 3.47. The number of hydrogen-bond donors (Lipinski definition) is 1. The average Bonchev–Trinajstić information content (AvgIpc) is 3.21. The van der Waals surface area contributed by atoms with Gasteiger partial charge in [-0.3, -0.25) is 4.79 Å². The van der Waals surface area contributed by atoms with Crippen LogP contribution in [-0.2, 0) is 16.6 Å². The molecule has 2 aromatic carbocycles. The number of aryl methyl sites for hydroxylation is 2. The van der Waals surface area contributed by atoms with Crippen molar-refractivity contribution in [1.29, 1.82) is 0 Å². The van der Waals surface area contributed by atoms with Crippen molar-refractivity contribution < 1.29 is 17.9 Å². The zero-order chi connectivity index (χ0) is 24.5. The van der Waals surface area contributed by atoms with Crippen LogP contribution in [0.3, 0.4) is 0 Å². The fourth-order valence-corrected chi connectivity index (χ4v) is 4.61. The summed E-state index contributed by atoms with van der Waals surface area (Å²) in [5.41, 5.74) is 4.13. The summed E-state index contributed by atoms with van der Waals surface area (Å²) in [7, 11) is -0.687. The Kier molecular flexibility index (Phi) is 6.41. The molecule has 1 N–H and O–H groups in total. The number of benzene rings is 2. The van der Waals surface area contributed by atoms with Gasteiger partial charge >= 0.3 is 0 Å². The van der Waals surface area contributed by atoms with E-state index in [1.54, 1.807) is 43.3 Å². The van der Waals surface area contributed by atoms with Crippen LogP contribution >= 0.6 is 0 Å². The first-order valence-corrected chi connectivity index (χ1v) is 12.1. The van der Waals surface area contributed by atoms with E-state index < -0.39 is 10.0 Å². The lowest BCUT2D eigenvalue weighted by Crippen LogP contribution is -2.23. The van der Waals surface area contributed by atoms with Crippen molar-refractivity contribution in [2.45, 2.75) is 25.3 Å². The Bertz CT molecular complexity index is 1480. The molecule has 0 radical (unpaired) electrons. The summed E-state index contributed by atoms with van der Waals surface area (Å²) in [6, 6.07) is 15.6. The summed E-state index contributed by atoms with van der Waals surface area (Å²) >= 11 is 0. The Morgan fingerprint density at radius 2 is 1.85 bits per heavy atom. The Morgan fingerprint density at radius 1 is 1.06 bits per heavy atom. The monoisotopic (exact) mass is 478 g/mol. The molecule has 2 aromatic heterocycles. The van der Waals surface area contributed by atoms with E-state index in [4.69, 9.17) is 4.74 Å². The summed E-state index contributed by atoms with van der Waals surface area (Å²) in [5, 5.41) is 2.77. The van der Waals surface area contributed by atoms with Gasteiger partial charge in [0.05, 0.1) is 10.6 Å². The third-order valence-corrected chi connectivity index (χ3v) is 7.29. The van der Waals surface area contributed by atoms with Crippen LogP contribution in [0.1, 0.15) is 27.2 Å². The molecule has 9 heteroatoms. The molecule has 0 fully saturated rings. The van der Waals surface area contributed by atoms with Gasteiger partial charge < -0.3 is 14.5 Å². The topological polar surface area (TPSA) is 93.0 Å². The van der Waals surface area contributed by atoms with Crippen molar-refractivity contribution in [1.82, 2.24) is 13.7 Å². The second-order valence-electron chi connectivity index (χ2n) is 8.24. The van der Waals surface area contributed by atoms with Crippen LogP contribution in [0.2, 0.25) is 0 Å². The second-order valence-corrected chi connectivity index (χ2v) is 10.4. The number of aromatic nitrogens is 2. The highest BCUT2D eigenvalue weighted by Gasteiger charge is 2.20. The second kappa shape index (κ2) is 9.28. The molecule has 0 aliphatic rings. The number of pyridine rings is 1. The summed E-state index contributed by atoms with van der Waals surface area (Å²) in [4.78, 5) is 17.5.